The zero-order valence-electron chi connectivity index (χ0n) is 15.8. The zero-order chi connectivity index (χ0) is 19.7. The van der Waals surface area contributed by atoms with E-state index in [9.17, 15) is 9.59 Å². The van der Waals surface area contributed by atoms with Gasteiger partial charge >= 0.3 is 5.97 Å². The maximum Gasteiger partial charge on any atom is 0.378 e. The van der Waals surface area contributed by atoms with Gasteiger partial charge in [-0.05, 0) is 50.3 Å². The molecule has 2 aromatic heterocycles. The topological polar surface area (TPSA) is 98.5 Å². The summed E-state index contributed by atoms with van der Waals surface area (Å²) in [7, 11) is 0. The third kappa shape index (κ3) is 3.58. The van der Waals surface area contributed by atoms with E-state index < -0.39 is 5.97 Å². The van der Waals surface area contributed by atoms with Gasteiger partial charge in [0, 0.05) is 11.4 Å². The molecule has 0 saturated heterocycles. The molecule has 8 nitrogen and oxygen atoms in total. The number of rotatable bonds is 4. The first kappa shape index (κ1) is 18.1. The lowest BCUT2D eigenvalue weighted by molar-refractivity contribution is -0.125. The van der Waals surface area contributed by atoms with Crippen molar-refractivity contribution >= 4 is 17.7 Å². The molecule has 1 aliphatic carbocycles. The maximum atomic E-state index is 12.3. The fourth-order valence-electron chi connectivity index (χ4n) is 3.59. The van der Waals surface area contributed by atoms with Crippen LogP contribution in [-0.4, -0.2) is 38.1 Å². The summed E-state index contributed by atoms with van der Waals surface area (Å²) in [5.74, 6) is -0.879. The lowest BCUT2D eigenvalue weighted by atomic mass is 9.88. The molecule has 3 aromatic rings. The number of benzene rings is 1. The fourth-order valence-corrected chi connectivity index (χ4v) is 3.59. The number of ether oxygens (including phenoxy) is 1. The summed E-state index contributed by atoms with van der Waals surface area (Å²) in [4.78, 5) is 32.8. The number of carbonyl (C=O) groups excluding carboxylic acids is 2. The minimum atomic E-state index is -0.748. The van der Waals surface area contributed by atoms with Crippen LogP contribution < -0.4 is 5.32 Å². The van der Waals surface area contributed by atoms with Crippen molar-refractivity contribution in [3.05, 3.63) is 58.7 Å². The summed E-state index contributed by atoms with van der Waals surface area (Å²) in [6.45, 7) is 3.31. The zero-order valence-corrected chi connectivity index (χ0v) is 15.8. The molecular formula is C20H21N5O3. The van der Waals surface area contributed by atoms with Gasteiger partial charge in [0.2, 0.25) is 0 Å². The van der Waals surface area contributed by atoms with Gasteiger partial charge in [-0.1, -0.05) is 24.3 Å². The smallest absolute Gasteiger partial charge is 0.378 e. The van der Waals surface area contributed by atoms with Crippen LogP contribution in [0, 0.1) is 13.8 Å². The molecule has 0 radical (unpaired) electrons. The largest absolute Gasteiger partial charge is 0.450 e. The van der Waals surface area contributed by atoms with Crippen molar-refractivity contribution in [2.75, 3.05) is 6.61 Å². The molecule has 8 heteroatoms. The van der Waals surface area contributed by atoms with E-state index in [-0.39, 0.29) is 24.4 Å². The van der Waals surface area contributed by atoms with Gasteiger partial charge in [-0.15, -0.1) is 5.10 Å². The number of aryl methyl sites for hydroxylation is 3. The molecule has 1 aromatic carbocycles. The Morgan fingerprint density at radius 3 is 2.93 bits per heavy atom. The summed E-state index contributed by atoms with van der Waals surface area (Å²) < 4.78 is 6.58. The molecule has 0 aliphatic heterocycles. The van der Waals surface area contributed by atoms with Crippen LogP contribution in [-0.2, 0) is 16.0 Å². The summed E-state index contributed by atoms with van der Waals surface area (Å²) in [5.41, 5.74) is 3.97. The van der Waals surface area contributed by atoms with Crippen LogP contribution in [0.2, 0.25) is 0 Å². The van der Waals surface area contributed by atoms with Gasteiger partial charge in [0.15, 0.2) is 6.61 Å². The fraction of sp³-hybridized carbons (Fsp3) is 0.350. The normalized spacial score (nSPS) is 15.9. The second kappa shape index (κ2) is 7.38. The van der Waals surface area contributed by atoms with Gasteiger partial charge in [0.05, 0.1) is 6.04 Å². The number of aromatic nitrogens is 4. The number of nitrogens with zero attached hydrogens (tertiary/aromatic N) is 4. The lowest BCUT2D eigenvalue weighted by Gasteiger charge is -2.26. The van der Waals surface area contributed by atoms with E-state index >= 15 is 0 Å². The number of fused-ring (bicyclic) bond motifs is 2. The highest BCUT2D eigenvalue weighted by Crippen LogP contribution is 2.29. The molecular weight excluding hydrogens is 358 g/mol. The maximum absolute atomic E-state index is 12.3. The Kier molecular flexibility index (Phi) is 4.77. The molecule has 1 N–H and O–H groups in total. The first-order valence-corrected chi connectivity index (χ1v) is 9.26. The predicted octanol–water partition coefficient (Wildman–Crippen LogP) is 2.09. The van der Waals surface area contributed by atoms with Crippen LogP contribution in [0.4, 0.5) is 0 Å². The van der Waals surface area contributed by atoms with E-state index in [2.05, 4.69) is 26.4 Å². The number of hydrogen-bond acceptors (Lipinski definition) is 6. The Hall–Kier alpha value is -3.29. The van der Waals surface area contributed by atoms with Gasteiger partial charge < -0.3 is 10.1 Å². The monoisotopic (exact) mass is 379 g/mol. The Morgan fingerprint density at radius 1 is 1.25 bits per heavy atom. The minimum Gasteiger partial charge on any atom is -0.450 e. The van der Waals surface area contributed by atoms with Crippen LogP contribution >= 0.6 is 0 Å². The van der Waals surface area contributed by atoms with E-state index in [1.165, 1.54) is 10.1 Å². The van der Waals surface area contributed by atoms with Gasteiger partial charge in [-0.25, -0.2) is 14.3 Å². The van der Waals surface area contributed by atoms with Crippen molar-refractivity contribution in [3.8, 4) is 0 Å². The van der Waals surface area contributed by atoms with E-state index in [0.717, 1.165) is 36.2 Å². The molecule has 0 bridgehead atoms. The van der Waals surface area contributed by atoms with Gasteiger partial charge in [-0.2, -0.15) is 4.98 Å². The van der Waals surface area contributed by atoms with E-state index in [0.29, 0.717) is 5.78 Å². The quantitative estimate of drug-likeness (QED) is 0.697. The van der Waals surface area contributed by atoms with Crippen LogP contribution in [0.3, 0.4) is 0 Å². The SMILES string of the molecule is Cc1cc(C)n2nc(C(=O)OCC(=O)N[C@@H]3CCCc4ccccc43)nc2n1. The number of esters is 1. The average molecular weight is 379 g/mol. The number of hydrogen-bond donors (Lipinski definition) is 1. The van der Waals surface area contributed by atoms with Crippen LogP contribution in [0.1, 0.15) is 52.0 Å². The van der Waals surface area contributed by atoms with Crippen LogP contribution in [0.15, 0.2) is 30.3 Å². The second-order valence-corrected chi connectivity index (χ2v) is 6.97. The Balaban J connectivity index is 1.39. The highest BCUT2D eigenvalue weighted by atomic mass is 16.5. The van der Waals surface area contributed by atoms with E-state index in [1.54, 1.807) is 0 Å². The van der Waals surface area contributed by atoms with Crippen molar-refractivity contribution in [1.29, 1.82) is 0 Å². The molecule has 2 heterocycles. The number of carbonyl (C=O) groups is 2. The minimum absolute atomic E-state index is 0.0562. The second-order valence-electron chi connectivity index (χ2n) is 6.97. The van der Waals surface area contributed by atoms with Crippen molar-refractivity contribution < 1.29 is 14.3 Å². The third-order valence-corrected chi connectivity index (χ3v) is 4.84. The van der Waals surface area contributed by atoms with Gasteiger partial charge in [0.1, 0.15) is 0 Å². The lowest BCUT2D eigenvalue weighted by Crippen LogP contribution is -2.34. The van der Waals surface area contributed by atoms with Crippen molar-refractivity contribution in [1.82, 2.24) is 24.9 Å². The van der Waals surface area contributed by atoms with Crippen molar-refractivity contribution in [3.63, 3.8) is 0 Å². The molecule has 0 spiro atoms. The number of nitrogens with one attached hydrogen (secondary N) is 1. The van der Waals surface area contributed by atoms with Crippen LogP contribution in [0.25, 0.3) is 5.78 Å². The molecule has 0 fully saturated rings. The van der Waals surface area contributed by atoms with Crippen LogP contribution in [0.5, 0.6) is 0 Å². The predicted molar refractivity (Wildman–Crippen MR) is 101 cm³/mol. The van der Waals surface area contributed by atoms with Crippen molar-refractivity contribution in [2.24, 2.45) is 0 Å². The molecule has 0 unspecified atom stereocenters. The summed E-state index contributed by atoms with van der Waals surface area (Å²) in [6, 6.07) is 9.87. The summed E-state index contributed by atoms with van der Waals surface area (Å²) >= 11 is 0. The molecule has 1 atom stereocenters. The third-order valence-electron chi connectivity index (χ3n) is 4.84. The molecule has 28 heavy (non-hydrogen) atoms. The van der Waals surface area contributed by atoms with E-state index in [1.807, 2.05) is 38.1 Å². The Bertz CT molecular complexity index is 1060. The molecule has 1 aliphatic rings. The first-order chi connectivity index (χ1) is 13.5. The number of amides is 1. The molecule has 4 rings (SSSR count). The van der Waals surface area contributed by atoms with Gasteiger partial charge in [-0.3, -0.25) is 4.79 Å². The summed E-state index contributed by atoms with van der Waals surface area (Å²) in [6.07, 6.45) is 2.90. The Labute approximate surface area is 161 Å². The summed E-state index contributed by atoms with van der Waals surface area (Å²) in [5, 5.41) is 7.06. The highest BCUT2D eigenvalue weighted by molar-refractivity contribution is 5.88. The molecule has 1 amide bonds. The van der Waals surface area contributed by atoms with E-state index in [4.69, 9.17) is 4.74 Å². The first-order valence-electron chi connectivity index (χ1n) is 9.26. The van der Waals surface area contributed by atoms with Gasteiger partial charge in [0.25, 0.3) is 17.5 Å². The average Bonchev–Trinajstić information content (AvgIpc) is 3.11. The Morgan fingerprint density at radius 2 is 2.07 bits per heavy atom. The highest BCUT2D eigenvalue weighted by Gasteiger charge is 2.23. The molecule has 0 saturated carbocycles. The standard InChI is InChI=1S/C20H21N5O3/c1-12-10-13(2)25-20(21-12)23-18(24-25)19(27)28-11-17(26)22-16-9-5-7-14-6-3-4-8-15(14)16/h3-4,6,8,10,16H,5,7,9,11H2,1-2H3,(H,22,26)/t16-/m1/s1. The molecule has 144 valence electrons. The van der Waals surface area contributed by atoms with Crippen molar-refractivity contribution in [2.45, 2.75) is 39.2 Å².